The highest BCUT2D eigenvalue weighted by atomic mass is 32.2. The summed E-state index contributed by atoms with van der Waals surface area (Å²) in [4.78, 5) is 12.3. The standard InChI is InChI=1S/C18H18F2N2O4S/c1-26-16-7-4-12(10-17(16)27(24,25)22-8-2-3-9-22)18(23)21-15-11-13(19)5-6-14(15)20/h4-7,10-11H,2-3,8-9H2,1H3,(H,21,23). The average Bonchev–Trinajstić information content (AvgIpc) is 3.19. The molecule has 0 atom stereocenters. The number of methoxy groups -OCH3 is 1. The van der Waals surface area contributed by atoms with Gasteiger partial charge in [-0.05, 0) is 43.2 Å². The van der Waals surface area contributed by atoms with E-state index >= 15 is 0 Å². The van der Waals surface area contributed by atoms with E-state index in [0.29, 0.717) is 13.1 Å². The molecule has 144 valence electrons. The van der Waals surface area contributed by atoms with Crippen LogP contribution in [0, 0.1) is 11.6 Å². The summed E-state index contributed by atoms with van der Waals surface area (Å²) in [5.74, 6) is -2.17. The fourth-order valence-electron chi connectivity index (χ4n) is 2.87. The lowest BCUT2D eigenvalue weighted by molar-refractivity contribution is 0.102. The molecule has 0 radical (unpaired) electrons. The first-order valence-corrected chi connectivity index (χ1v) is 9.71. The van der Waals surface area contributed by atoms with Gasteiger partial charge in [0.05, 0.1) is 12.8 Å². The number of amides is 1. The van der Waals surface area contributed by atoms with E-state index in [9.17, 15) is 22.0 Å². The minimum Gasteiger partial charge on any atom is -0.495 e. The Morgan fingerprint density at radius 3 is 2.48 bits per heavy atom. The number of carbonyl (C=O) groups excluding carboxylic acids is 1. The fourth-order valence-corrected chi connectivity index (χ4v) is 4.57. The molecule has 2 aromatic carbocycles. The van der Waals surface area contributed by atoms with Crippen LogP contribution in [0.3, 0.4) is 0 Å². The predicted octanol–water partition coefficient (Wildman–Crippen LogP) is 3.01. The minimum atomic E-state index is -3.83. The van der Waals surface area contributed by atoms with E-state index in [0.717, 1.165) is 31.0 Å². The molecule has 1 amide bonds. The summed E-state index contributed by atoms with van der Waals surface area (Å²) in [6.07, 6.45) is 1.53. The molecule has 1 saturated heterocycles. The highest BCUT2D eigenvalue weighted by Gasteiger charge is 2.30. The second-order valence-electron chi connectivity index (χ2n) is 6.06. The van der Waals surface area contributed by atoms with Crippen molar-refractivity contribution >= 4 is 21.6 Å². The van der Waals surface area contributed by atoms with Crippen LogP contribution in [0.25, 0.3) is 0 Å². The second kappa shape index (κ2) is 7.61. The van der Waals surface area contributed by atoms with Gasteiger partial charge in [0.15, 0.2) is 0 Å². The zero-order chi connectivity index (χ0) is 19.6. The van der Waals surface area contributed by atoms with Gasteiger partial charge >= 0.3 is 0 Å². The number of ether oxygens (including phenoxy) is 1. The SMILES string of the molecule is COc1ccc(C(=O)Nc2cc(F)ccc2F)cc1S(=O)(=O)N1CCCC1. The minimum absolute atomic E-state index is 0.0165. The van der Waals surface area contributed by atoms with Gasteiger partial charge in [0.25, 0.3) is 5.91 Å². The number of benzene rings is 2. The lowest BCUT2D eigenvalue weighted by Gasteiger charge is -2.18. The number of hydrogen-bond donors (Lipinski definition) is 1. The van der Waals surface area contributed by atoms with Gasteiger partial charge in [0, 0.05) is 24.7 Å². The lowest BCUT2D eigenvalue weighted by Crippen LogP contribution is -2.28. The molecular formula is C18H18F2N2O4S. The van der Waals surface area contributed by atoms with Crippen LogP contribution in [0.4, 0.5) is 14.5 Å². The van der Waals surface area contributed by atoms with Crippen LogP contribution >= 0.6 is 0 Å². The monoisotopic (exact) mass is 396 g/mol. The topological polar surface area (TPSA) is 75.7 Å². The molecule has 0 unspecified atom stereocenters. The molecule has 0 saturated carbocycles. The molecule has 27 heavy (non-hydrogen) atoms. The van der Waals surface area contributed by atoms with Gasteiger partial charge in [-0.15, -0.1) is 0 Å². The van der Waals surface area contributed by atoms with Crippen molar-refractivity contribution in [3.05, 3.63) is 53.6 Å². The molecular weight excluding hydrogens is 378 g/mol. The summed E-state index contributed by atoms with van der Waals surface area (Å²) in [7, 11) is -2.50. The van der Waals surface area contributed by atoms with E-state index < -0.39 is 27.6 Å². The number of carbonyl (C=O) groups is 1. The van der Waals surface area contributed by atoms with Gasteiger partial charge in [0.2, 0.25) is 10.0 Å². The number of sulfonamides is 1. The van der Waals surface area contributed by atoms with Crippen molar-refractivity contribution in [1.29, 1.82) is 0 Å². The van der Waals surface area contributed by atoms with Gasteiger partial charge < -0.3 is 10.1 Å². The van der Waals surface area contributed by atoms with Crippen molar-refractivity contribution in [1.82, 2.24) is 4.31 Å². The highest BCUT2D eigenvalue weighted by molar-refractivity contribution is 7.89. The quantitative estimate of drug-likeness (QED) is 0.843. The third kappa shape index (κ3) is 3.93. The first kappa shape index (κ1) is 19.2. The number of rotatable bonds is 5. The number of hydrogen-bond acceptors (Lipinski definition) is 4. The Labute approximate surface area is 155 Å². The molecule has 1 N–H and O–H groups in total. The normalized spacial score (nSPS) is 14.9. The molecule has 2 aromatic rings. The maximum atomic E-state index is 13.7. The Hall–Kier alpha value is -2.52. The van der Waals surface area contributed by atoms with Crippen LogP contribution in [-0.4, -0.2) is 38.8 Å². The van der Waals surface area contributed by atoms with E-state index in [-0.39, 0.29) is 21.9 Å². The average molecular weight is 396 g/mol. The Morgan fingerprint density at radius 1 is 1.11 bits per heavy atom. The fraction of sp³-hybridized carbons (Fsp3) is 0.278. The van der Waals surface area contributed by atoms with Gasteiger partial charge in [-0.2, -0.15) is 4.31 Å². The van der Waals surface area contributed by atoms with Crippen molar-refractivity contribution in [3.63, 3.8) is 0 Å². The van der Waals surface area contributed by atoms with E-state index in [1.807, 2.05) is 0 Å². The van der Waals surface area contributed by atoms with Crippen LogP contribution in [0.5, 0.6) is 5.75 Å². The first-order chi connectivity index (χ1) is 12.8. The molecule has 1 aliphatic heterocycles. The first-order valence-electron chi connectivity index (χ1n) is 8.27. The van der Waals surface area contributed by atoms with E-state index in [2.05, 4.69) is 5.32 Å². The van der Waals surface area contributed by atoms with Crippen molar-refractivity contribution < 1.29 is 26.7 Å². The number of anilines is 1. The van der Waals surface area contributed by atoms with Crippen molar-refractivity contribution in [2.45, 2.75) is 17.7 Å². The molecule has 1 heterocycles. The maximum absolute atomic E-state index is 13.7. The van der Waals surface area contributed by atoms with E-state index in [1.54, 1.807) is 0 Å². The van der Waals surface area contributed by atoms with Crippen molar-refractivity contribution in [2.75, 3.05) is 25.5 Å². The highest BCUT2D eigenvalue weighted by Crippen LogP contribution is 2.30. The summed E-state index contributed by atoms with van der Waals surface area (Å²) in [6, 6.07) is 6.56. The van der Waals surface area contributed by atoms with Crippen LogP contribution in [0.1, 0.15) is 23.2 Å². The molecule has 0 spiro atoms. The van der Waals surface area contributed by atoms with Crippen LogP contribution in [-0.2, 0) is 10.0 Å². The third-order valence-corrected chi connectivity index (χ3v) is 6.21. The summed E-state index contributed by atoms with van der Waals surface area (Å²) < 4.78 is 59.2. The van der Waals surface area contributed by atoms with Crippen LogP contribution in [0.15, 0.2) is 41.3 Å². The maximum Gasteiger partial charge on any atom is 0.255 e. The van der Waals surface area contributed by atoms with Crippen LogP contribution < -0.4 is 10.1 Å². The molecule has 9 heteroatoms. The molecule has 0 bridgehead atoms. The molecule has 1 fully saturated rings. The molecule has 1 aliphatic rings. The molecule has 6 nitrogen and oxygen atoms in total. The summed E-state index contributed by atoms with van der Waals surface area (Å²) in [6.45, 7) is 0.798. The second-order valence-corrected chi connectivity index (χ2v) is 7.96. The van der Waals surface area contributed by atoms with Gasteiger partial charge in [0.1, 0.15) is 22.3 Å². The molecule has 0 aliphatic carbocycles. The number of halogens is 2. The number of nitrogens with one attached hydrogen (secondary N) is 1. The Balaban J connectivity index is 1.95. The zero-order valence-corrected chi connectivity index (χ0v) is 15.4. The van der Waals surface area contributed by atoms with Crippen molar-refractivity contribution in [3.8, 4) is 5.75 Å². The van der Waals surface area contributed by atoms with Crippen LogP contribution in [0.2, 0.25) is 0 Å². The predicted molar refractivity (Wildman–Crippen MR) is 95.3 cm³/mol. The lowest BCUT2D eigenvalue weighted by atomic mass is 10.2. The summed E-state index contributed by atoms with van der Waals surface area (Å²) in [5, 5.41) is 2.25. The third-order valence-electron chi connectivity index (χ3n) is 4.29. The Morgan fingerprint density at radius 2 is 1.81 bits per heavy atom. The molecule has 0 aromatic heterocycles. The zero-order valence-electron chi connectivity index (χ0n) is 14.5. The van der Waals surface area contributed by atoms with E-state index in [1.165, 1.54) is 29.6 Å². The largest absolute Gasteiger partial charge is 0.495 e. The van der Waals surface area contributed by atoms with Gasteiger partial charge in [-0.3, -0.25) is 4.79 Å². The summed E-state index contributed by atoms with van der Waals surface area (Å²) in [5.41, 5.74) is -0.350. The van der Waals surface area contributed by atoms with Gasteiger partial charge in [-0.25, -0.2) is 17.2 Å². The van der Waals surface area contributed by atoms with E-state index in [4.69, 9.17) is 4.74 Å². The van der Waals surface area contributed by atoms with Gasteiger partial charge in [-0.1, -0.05) is 0 Å². The smallest absolute Gasteiger partial charge is 0.255 e. The Kier molecular flexibility index (Phi) is 5.43. The summed E-state index contributed by atoms with van der Waals surface area (Å²) >= 11 is 0. The van der Waals surface area contributed by atoms with Crippen molar-refractivity contribution in [2.24, 2.45) is 0 Å². The number of nitrogens with zero attached hydrogens (tertiary/aromatic N) is 1. The molecule has 3 rings (SSSR count). The Bertz CT molecular complexity index is 973.